The second kappa shape index (κ2) is 7.52. The van der Waals surface area contributed by atoms with Gasteiger partial charge in [0.1, 0.15) is 6.10 Å². The normalized spacial score (nSPS) is 33.8. The molecule has 3 heterocycles. The van der Waals surface area contributed by atoms with Gasteiger partial charge in [0.15, 0.2) is 11.5 Å². The minimum absolute atomic E-state index is 0. The Morgan fingerprint density at radius 3 is 2.88 bits per heavy atom. The van der Waals surface area contributed by atoms with Gasteiger partial charge in [-0.15, -0.1) is 12.4 Å². The first-order chi connectivity index (χ1) is 15.4. The predicted octanol–water partition coefficient (Wildman–Crippen LogP) is 2.73. The second-order valence-electron chi connectivity index (χ2n) is 9.78. The number of furan rings is 1. The molecule has 2 aliphatic carbocycles. The van der Waals surface area contributed by atoms with Gasteiger partial charge in [0, 0.05) is 30.3 Å². The van der Waals surface area contributed by atoms with Crippen LogP contribution in [-0.4, -0.2) is 70.3 Å². The van der Waals surface area contributed by atoms with Gasteiger partial charge >= 0.3 is 0 Å². The van der Waals surface area contributed by atoms with Crippen molar-refractivity contribution in [2.75, 3.05) is 20.6 Å². The number of rotatable bonds is 3. The zero-order valence-corrected chi connectivity index (χ0v) is 19.5. The summed E-state index contributed by atoms with van der Waals surface area (Å²) >= 11 is 0. The number of hydrogen-bond donors (Lipinski definition) is 2. The molecule has 4 aliphatic rings. The van der Waals surface area contributed by atoms with E-state index in [4.69, 9.17) is 9.15 Å². The number of benzene rings is 1. The molecule has 2 bridgehead atoms. The molecule has 1 spiro atoms. The summed E-state index contributed by atoms with van der Waals surface area (Å²) in [6.07, 6.45) is 8.73. The summed E-state index contributed by atoms with van der Waals surface area (Å²) in [5.41, 5.74) is 1.35. The molecule has 2 N–H and O–H groups in total. The predicted molar refractivity (Wildman–Crippen MR) is 125 cm³/mol. The minimum Gasteiger partial charge on any atom is -0.504 e. The van der Waals surface area contributed by atoms with E-state index in [-0.39, 0.29) is 36.1 Å². The Hall–Kier alpha value is -2.48. The van der Waals surface area contributed by atoms with Crippen LogP contribution in [0.4, 0.5) is 0 Å². The van der Waals surface area contributed by atoms with Crippen LogP contribution in [0.2, 0.25) is 0 Å². The third-order valence-electron chi connectivity index (χ3n) is 8.51. The van der Waals surface area contributed by atoms with Gasteiger partial charge in [-0.25, -0.2) is 0 Å². The number of aliphatic hydroxyl groups is 1. The molecule has 7 nitrogen and oxygen atoms in total. The van der Waals surface area contributed by atoms with Crippen molar-refractivity contribution in [3.05, 3.63) is 53.5 Å². The maximum atomic E-state index is 13.1. The lowest BCUT2D eigenvalue weighted by atomic mass is 9.48. The molecule has 33 heavy (non-hydrogen) atoms. The molecule has 2 fully saturated rings. The van der Waals surface area contributed by atoms with Crippen LogP contribution in [0.25, 0.3) is 6.08 Å². The summed E-state index contributed by atoms with van der Waals surface area (Å²) in [6, 6.07) is 5.25. The molecule has 176 valence electrons. The number of phenols is 1. The monoisotopic (exact) mass is 472 g/mol. The average Bonchev–Trinajstić information content (AvgIpc) is 3.41. The van der Waals surface area contributed by atoms with E-state index in [2.05, 4.69) is 11.9 Å². The number of aromatic hydroxyl groups is 1. The van der Waals surface area contributed by atoms with Gasteiger partial charge in [0.05, 0.1) is 29.6 Å². The van der Waals surface area contributed by atoms with Crippen molar-refractivity contribution in [2.45, 2.75) is 54.9 Å². The van der Waals surface area contributed by atoms with Crippen LogP contribution in [0, 0.1) is 0 Å². The summed E-state index contributed by atoms with van der Waals surface area (Å²) in [4.78, 5) is 17.1. The highest BCUT2D eigenvalue weighted by Crippen LogP contribution is 2.65. The van der Waals surface area contributed by atoms with Gasteiger partial charge in [-0.1, -0.05) is 6.07 Å². The first-order valence-electron chi connectivity index (χ1n) is 11.3. The number of piperidine rings is 1. The van der Waals surface area contributed by atoms with Gasteiger partial charge in [-0.2, -0.15) is 0 Å². The SMILES string of the molecule is CN1CC[C@]23c4c5ccc(O)c4O[C@H]2[C@H](N(C)C(=O)/C=C/c2ccoc2)CC[C@@]3(O)[C@H]1C5.Cl. The van der Waals surface area contributed by atoms with Crippen LogP contribution in [0.5, 0.6) is 11.5 Å². The van der Waals surface area contributed by atoms with Gasteiger partial charge < -0.3 is 29.2 Å². The fourth-order valence-electron chi connectivity index (χ4n) is 6.94. The number of likely N-dealkylation sites (tertiary alicyclic amines) is 1. The van der Waals surface area contributed by atoms with Gasteiger partial charge in [0.25, 0.3) is 0 Å². The fraction of sp³-hybridized carbons (Fsp3) is 0.480. The molecular weight excluding hydrogens is 444 g/mol. The van der Waals surface area contributed by atoms with E-state index >= 15 is 0 Å². The molecule has 1 amide bonds. The van der Waals surface area contributed by atoms with Crippen LogP contribution in [0.15, 0.2) is 41.2 Å². The van der Waals surface area contributed by atoms with Gasteiger partial charge in [0.2, 0.25) is 5.91 Å². The van der Waals surface area contributed by atoms with E-state index in [1.54, 1.807) is 48.8 Å². The molecule has 1 aromatic carbocycles. The highest BCUT2D eigenvalue weighted by Gasteiger charge is 2.73. The first kappa shape index (κ1) is 22.3. The second-order valence-corrected chi connectivity index (χ2v) is 9.78. The molecule has 0 radical (unpaired) electrons. The van der Waals surface area contributed by atoms with Crippen LogP contribution < -0.4 is 4.74 Å². The fourth-order valence-corrected chi connectivity index (χ4v) is 6.94. The minimum atomic E-state index is -0.955. The first-order valence-corrected chi connectivity index (χ1v) is 11.3. The number of likely N-dealkylation sites (N-methyl/N-ethyl adjacent to an activating group) is 2. The molecule has 0 unspecified atom stereocenters. The Kier molecular flexibility index (Phi) is 5.08. The molecular formula is C25H29ClN2O5. The van der Waals surface area contributed by atoms with Crippen molar-refractivity contribution in [1.82, 2.24) is 9.80 Å². The number of carbonyl (C=O) groups excluding carboxylic acids is 1. The molecule has 1 saturated heterocycles. The number of hydrogen-bond acceptors (Lipinski definition) is 6. The maximum absolute atomic E-state index is 13.1. The molecule has 1 saturated carbocycles. The number of ether oxygens (including phenoxy) is 1. The Balaban J connectivity index is 0.00000228. The number of carbonyl (C=O) groups is 1. The van der Waals surface area contributed by atoms with Gasteiger partial charge in [-0.05, 0) is 63.0 Å². The number of phenolic OH excluding ortho intramolecular Hbond substituents is 1. The lowest BCUT2D eigenvalue weighted by molar-refractivity contribution is -0.195. The van der Waals surface area contributed by atoms with Crippen LogP contribution >= 0.6 is 12.4 Å². The van der Waals surface area contributed by atoms with Crippen LogP contribution in [0.3, 0.4) is 0 Å². The van der Waals surface area contributed by atoms with E-state index in [1.807, 2.05) is 6.07 Å². The zero-order valence-electron chi connectivity index (χ0n) is 18.7. The molecule has 6 rings (SSSR count). The molecule has 5 atom stereocenters. The van der Waals surface area contributed by atoms with Crippen molar-refractivity contribution in [3.63, 3.8) is 0 Å². The van der Waals surface area contributed by atoms with E-state index in [0.29, 0.717) is 18.6 Å². The van der Waals surface area contributed by atoms with E-state index < -0.39 is 17.1 Å². The lowest BCUT2D eigenvalue weighted by Crippen LogP contribution is -2.77. The smallest absolute Gasteiger partial charge is 0.246 e. The van der Waals surface area contributed by atoms with E-state index in [9.17, 15) is 15.0 Å². The van der Waals surface area contributed by atoms with Crippen LogP contribution in [0.1, 0.15) is 36.0 Å². The van der Waals surface area contributed by atoms with Crippen LogP contribution in [-0.2, 0) is 16.6 Å². The topological polar surface area (TPSA) is 86.4 Å². The standard InChI is InChI=1S/C25H28N2O5.ClH/c1-26-11-10-24-21-16-4-5-18(28)22(21)32-23(24)17(7-9-25(24,30)19(26)13-16)27(2)20(29)6-3-15-8-12-31-14-15;/h3-6,8,12,14,17,19,23,28,30H,7,9-11,13H2,1-2H3;1H/b6-3+;/t17-,19-,23+,24+,25-;/m1./s1. The molecule has 8 heteroatoms. The number of halogens is 1. The quantitative estimate of drug-likeness (QED) is 0.668. The highest BCUT2D eigenvalue weighted by atomic mass is 35.5. The summed E-state index contributed by atoms with van der Waals surface area (Å²) in [6.45, 7) is 0.839. The Morgan fingerprint density at radius 1 is 1.30 bits per heavy atom. The number of amides is 1. The molecule has 2 aromatic rings. The highest BCUT2D eigenvalue weighted by molar-refractivity contribution is 5.92. The third-order valence-corrected chi connectivity index (χ3v) is 8.51. The average molecular weight is 473 g/mol. The van der Waals surface area contributed by atoms with Crippen molar-refractivity contribution >= 4 is 24.4 Å². The maximum Gasteiger partial charge on any atom is 0.246 e. The molecule has 1 aromatic heterocycles. The Bertz CT molecular complexity index is 1120. The molecule has 2 aliphatic heterocycles. The number of nitrogens with zero attached hydrogens (tertiary/aromatic N) is 2. The van der Waals surface area contributed by atoms with Crippen molar-refractivity contribution in [3.8, 4) is 11.5 Å². The van der Waals surface area contributed by atoms with Crippen molar-refractivity contribution < 1.29 is 24.2 Å². The van der Waals surface area contributed by atoms with Crippen molar-refractivity contribution in [1.29, 1.82) is 0 Å². The zero-order chi connectivity index (χ0) is 22.3. The summed E-state index contributed by atoms with van der Waals surface area (Å²) in [5.74, 6) is 0.484. The van der Waals surface area contributed by atoms with Crippen molar-refractivity contribution in [2.24, 2.45) is 0 Å². The van der Waals surface area contributed by atoms with E-state index in [0.717, 1.165) is 36.1 Å². The lowest BCUT2D eigenvalue weighted by Gasteiger charge is -2.64. The van der Waals surface area contributed by atoms with Gasteiger partial charge in [-0.3, -0.25) is 4.79 Å². The Labute approximate surface area is 199 Å². The summed E-state index contributed by atoms with van der Waals surface area (Å²) in [7, 11) is 3.88. The summed E-state index contributed by atoms with van der Waals surface area (Å²) in [5, 5.41) is 22.9. The largest absolute Gasteiger partial charge is 0.504 e. The summed E-state index contributed by atoms with van der Waals surface area (Å²) < 4.78 is 11.6. The van der Waals surface area contributed by atoms with E-state index in [1.165, 1.54) is 0 Å². The third kappa shape index (κ3) is 2.79. The Morgan fingerprint density at radius 2 is 2.12 bits per heavy atom.